The van der Waals surface area contributed by atoms with Crippen molar-refractivity contribution < 1.29 is 19.5 Å². The Hall–Kier alpha value is -1.79. The second-order valence-corrected chi connectivity index (χ2v) is 6.14. The molecule has 0 aromatic rings. The van der Waals surface area contributed by atoms with Gasteiger partial charge in [0, 0.05) is 19.6 Å². The molecule has 1 atom stereocenters. The van der Waals surface area contributed by atoms with Crippen molar-refractivity contribution >= 4 is 17.9 Å². The zero-order valence-electron chi connectivity index (χ0n) is 12.1. The molecule has 0 bridgehead atoms. The molecule has 4 N–H and O–H groups in total. The number of likely N-dealkylation sites (tertiary alicyclic amines) is 1. The molecule has 2 rings (SSSR count). The summed E-state index contributed by atoms with van der Waals surface area (Å²) in [6.45, 7) is 0.958. The lowest BCUT2D eigenvalue weighted by molar-refractivity contribution is -0.150. The Morgan fingerprint density at radius 3 is 2.43 bits per heavy atom. The molecule has 2 aliphatic rings. The first-order valence-corrected chi connectivity index (χ1v) is 7.50. The highest BCUT2D eigenvalue weighted by molar-refractivity contribution is 5.81. The SMILES string of the molecule is NC(=O)C1CCN(C(=O)NCC2(C(=O)O)CCCCC2)C1. The Balaban J connectivity index is 1.88. The predicted molar refractivity (Wildman–Crippen MR) is 75.4 cm³/mol. The summed E-state index contributed by atoms with van der Waals surface area (Å²) in [4.78, 5) is 36.3. The number of carboxylic acids is 1. The van der Waals surface area contributed by atoms with Gasteiger partial charge in [-0.15, -0.1) is 0 Å². The lowest BCUT2D eigenvalue weighted by Gasteiger charge is -2.33. The normalized spacial score (nSPS) is 24.6. The van der Waals surface area contributed by atoms with Crippen molar-refractivity contribution in [3.05, 3.63) is 0 Å². The summed E-state index contributed by atoms with van der Waals surface area (Å²) >= 11 is 0. The molecule has 1 saturated heterocycles. The number of nitrogens with two attached hydrogens (primary N) is 1. The number of primary amides is 1. The molecule has 7 heteroatoms. The van der Waals surface area contributed by atoms with Gasteiger partial charge in [-0.2, -0.15) is 0 Å². The third-order valence-electron chi connectivity index (χ3n) is 4.72. The Morgan fingerprint density at radius 1 is 1.24 bits per heavy atom. The molecule has 1 heterocycles. The van der Waals surface area contributed by atoms with Gasteiger partial charge >= 0.3 is 12.0 Å². The van der Waals surface area contributed by atoms with Crippen LogP contribution in [0.2, 0.25) is 0 Å². The summed E-state index contributed by atoms with van der Waals surface area (Å²) in [6, 6.07) is -0.301. The molecule has 0 aromatic heterocycles. The van der Waals surface area contributed by atoms with Crippen LogP contribution in [-0.2, 0) is 9.59 Å². The number of amides is 3. The van der Waals surface area contributed by atoms with Crippen LogP contribution in [-0.4, -0.2) is 47.5 Å². The van der Waals surface area contributed by atoms with Crippen LogP contribution in [0.25, 0.3) is 0 Å². The van der Waals surface area contributed by atoms with Gasteiger partial charge in [0.25, 0.3) is 0 Å². The average molecular weight is 297 g/mol. The third kappa shape index (κ3) is 3.46. The standard InChI is InChI=1S/C14H23N3O4/c15-11(18)10-4-7-17(8-10)13(21)16-9-14(12(19)20)5-2-1-3-6-14/h10H,1-9H2,(H2,15,18)(H,16,21)(H,19,20). The quantitative estimate of drug-likeness (QED) is 0.702. The number of carboxylic acid groups (broad SMARTS) is 1. The van der Waals surface area contributed by atoms with E-state index in [1.165, 1.54) is 4.90 Å². The molecule has 1 aliphatic carbocycles. The Bertz CT molecular complexity index is 432. The Morgan fingerprint density at radius 2 is 1.90 bits per heavy atom. The second-order valence-electron chi connectivity index (χ2n) is 6.14. The number of aliphatic carboxylic acids is 1. The fourth-order valence-electron chi connectivity index (χ4n) is 3.23. The summed E-state index contributed by atoms with van der Waals surface area (Å²) in [5.41, 5.74) is 4.40. The van der Waals surface area contributed by atoms with E-state index in [9.17, 15) is 19.5 Å². The summed E-state index contributed by atoms with van der Waals surface area (Å²) in [5, 5.41) is 12.2. The first-order chi connectivity index (χ1) is 9.94. The maximum atomic E-state index is 12.1. The molecule has 1 aliphatic heterocycles. The van der Waals surface area contributed by atoms with Gasteiger partial charge in [0.15, 0.2) is 0 Å². The smallest absolute Gasteiger partial charge is 0.317 e. The summed E-state index contributed by atoms with van der Waals surface area (Å²) in [7, 11) is 0. The number of nitrogens with one attached hydrogen (secondary N) is 1. The minimum atomic E-state index is -0.837. The van der Waals surface area contributed by atoms with E-state index in [-0.39, 0.29) is 24.4 Å². The second kappa shape index (κ2) is 6.32. The number of hydrogen-bond donors (Lipinski definition) is 3. The predicted octanol–water partition coefficient (Wildman–Crippen LogP) is 0.538. The highest BCUT2D eigenvalue weighted by Gasteiger charge is 2.40. The number of carbonyl (C=O) groups is 3. The van der Waals surface area contributed by atoms with Crippen LogP contribution >= 0.6 is 0 Å². The Kier molecular flexibility index (Phi) is 4.69. The van der Waals surface area contributed by atoms with E-state index >= 15 is 0 Å². The summed E-state index contributed by atoms with van der Waals surface area (Å²) in [6.07, 6.45) is 4.60. The van der Waals surface area contributed by atoms with Crippen molar-refractivity contribution in [2.75, 3.05) is 19.6 Å². The lowest BCUT2D eigenvalue weighted by Crippen LogP contribution is -2.48. The zero-order chi connectivity index (χ0) is 15.5. The van der Waals surface area contributed by atoms with Gasteiger partial charge in [-0.25, -0.2) is 4.79 Å². The number of rotatable bonds is 4. The molecule has 0 aromatic carbocycles. The number of carbonyl (C=O) groups excluding carboxylic acids is 2. The van der Waals surface area contributed by atoms with Crippen molar-refractivity contribution in [3.63, 3.8) is 0 Å². The average Bonchev–Trinajstić information content (AvgIpc) is 2.95. The van der Waals surface area contributed by atoms with Crippen molar-refractivity contribution in [2.24, 2.45) is 17.1 Å². The van der Waals surface area contributed by atoms with Crippen LogP contribution in [0.5, 0.6) is 0 Å². The van der Waals surface area contributed by atoms with Gasteiger partial charge in [-0.3, -0.25) is 9.59 Å². The summed E-state index contributed by atoms with van der Waals surface area (Å²) in [5.74, 6) is -1.52. The molecule has 3 amide bonds. The maximum absolute atomic E-state index is 12.1. The van der Waals surface area contributed by atoms with Crippen LogP contribution < -0.4 is 11.1 Å². The van der Waals surface area contributed by atoms with Crippen molar-refractivity contribution in [3.8, 4) is 0 Å². The molecule has 21 heavy (non-hydrogen) atoms. The zero-order valence-corrected chi connectivity index (χ0v) is 12.1. The van der Waals surface area contributed by atoms with E-state index in [4.69, 9.17) is 5.73 Å². The van der Waals surface area contributed by atoms with Gasteiger partial charge in [-0.05, 0) is 19.3 Å². The van der Waals surface area contributed by atoms with Crippen LogP contribution in [0, 0.1) is 11.3 Å². The molecule has 1 saturated carbocycles. The lowest BCUT2D eigenvalue weighted by atomic mass is 9.74. The number of urea groups is 1. The first-order valence-electron chi connectivity index (χ1n) is 7.50. The first kappa shape index (κ1) is 15.6. The van der Waals surface area contributed by atoms with Gasteiger partial charge < -0.3 is 21.1 Å². The number of nitrogens with zero attached hydrogens (tertiary/aromatic N) is 1. The summed E-state index contributed by atoms with van der Waals surface area (Å²) < 4.78 is 0. The van der Waals surface area contributed by atoms with Crippen LogP contribution in [0.15, 0.2) is 0 Å². The minimum absolute atomic E-state index is 0.152. The topological polar surface area (TPSA) is 113 Å². The molecule has 7 nitrogen and oxygen atoms in total. The highest BCUT2D eigenvalue weighted by Crippen LogP contribution is 2.36. The molecule has 0 radical (unpaired) electrons. The van der Waals surface area contributed by atoms with E-state index in [1.54, 1.807) is 0 Å². The van der Waals surface area contributed by atoms with E-state index in [1.807, 2.05) is 0 Å². The van der Waals surface area contributed by atoms with Crippen molar-refractivity contribution in [1.29, 1.82) is 0 Å². The van der Waals surface area contributed by atoms with E-state index in [2.05, 4.69) is 5.32 Å². The third-order valence-corrected chi connectivity index (χ3v) is 4.72. The van der Waals surface area contributed by atoms with Crippen molar-refractivity contribution in [2.45, 2.75) is 38.5 Å². The fraction of sp³-hybridized carbons (Fsp3) is 0.786. The van der Waals surface area contributed by atoms with Crippen LogP contribution in [0.4, 0.5) is 4.79 Å². The largest absolute Gasteiger partial charge is 0.481 e. The van der Waals surface area contributed by atoms with Crippen LogP contribution in [0.3, 0.4) is 0 Å². The fourth-order valence-corrected chi connectivity index (χ4v) is 3.23. The number of hydrogen-bond acceptors (Lipinski definition) is 3. The maximum Gasteiger partial charge on any atom is 0.317 e. The highest BCUT2D eigenvalue weighted by atomic mass is 16.4. The Labute approximate surface area is 123 Å². The molecular weight excluding hydrogens is 274 g/mol. The van der Waals surface area contributed by atoms with Gasteiger partial charge in [0.1, 0.15) is 0 Å². The monoisotopic (exact) mass is 297 g/mol. The molecule has 1 unspecified atom stereocenters. The van der Waals surface area contributed by atoms with Crippen LogP contribution in [0.1, 0.15) is 38.5 Å². The molecular formula is C14H23N3O4. The van der Waals surface area contributed by atoms with Gasteiger partial charge in [-0.1, -0.05) is 19.3 Å². The van der Waals surface area contributed by atoms with Gasteiger partial charge in [0.2, 0.25) is 5.91 Å². The molecule has 118 valence electrons. The van der Waals surface area contributed by atoms with E-state index in [0.717, 1.165) is 19.3 Å². The minimum Gasteiger partial charge on any atom is -0.481 e. The van der Waals surface area contributed by atoms with Gasteiger partial charge in [0.05, 0.1) is 11.3 Å². The van der Waals surface area contributed by atoms with E-state index in [0.29, 0.717) is 32.4 Å². The van der Waals surface area contributed by atoms with Crippen molar-refractivity contribution in [1.82, 2.24) is 10.2 Å². The molecule has 2 fully saturated rings. The molecule has 0 spiro atoms. The van der Waals surface area contributed by atoms with E-state index < -0.39 is 11.4 Å².